The van der Waals surface area contributed by atoms with Gasteiger partial charge in [0.25, 0.3) is 5.56 Å². The van der Waals surface area contributed by atoms with Gasteiger partial charge in [0.2, 0.25) is 10.0 Å². The van der Waals surface area contributed by atoms with Crippen LogP contribution in [-0.4, -0.2) is 53.8 Å². The Morgan fingerprint density at radius 2 is 1.70 bits per heavy atom. The molecule has 1 unspecified atom stereocenters. The molecule has 0 saturated carbocycles. The van der Waals surface area contributed by atoms with E-state index in [-0.39, 0.29) is 11.6 Å². The minimum Gasteiger partial charge on any atom is -0.309 e. The van der Waals surface area contributed by atoms with Crippen LogP contribution in [-0.2, 0) is 10.0 Å². The highest BCUT2D eigenvalue weighted by molar-refractivity contribution is 7.89. The Labute approximate surface area is 180 Å². The predicted octanol–water partition coefficient (Wildman–Crippen LogP) is 2.98. The number of hydrogen-bond donors (Lipinski definition) is 1. The lowest BCUT2D eigenvalue weighted by molar-refractivity contribution is 0.141. The maximum atomic E-state index is 12.9. The highest BCUT2D eigenvalue weighted by Gasteiger charge is 2.31. The second-order valence-electron chi connectivity index (χ2n) is 7.84. The number of rotatable bonds is 4. The molecule has 0 radical (unpaired) electrons. The summed E-state index contributed by atoms with van der Waals surface area (Å²) in [6, 6.07) is 6.85. The molecule has 160 valence electrons. The van der Waals surface area contributed by atoms with E-state index in [0.29, 0.717) is 42.3 Å². The van der Waals surface area contributed by atoms with Crippen molar-refractivity contribution in [2.75, 3.05) is 26.2 Å². The van der Waals surface area contributed by atoms with Gasteiger partial charge in [0.1, 0.15) is 10.7 Å². The lowest BCUT2D eigenvalue weighted by Crippen LogP contribution is -2.49. The van der Waals surface area contributed by atoms with Gasteiger partial charge in [0, 0.05) is 31.1 Å². The first kappa shape index (κ1) is 21.2. The van der Waals surface area contributed by atoms with E-state index < -0.39 is 10.0 Å². The third-order valence-electron chi connectivity index (χ3n) is 5.93. The lowest BCUT2D eigenvalue weighted by atomic mass is 10.2. The molecule has 1 atom stereocenters. The first-order chi connectivity index (χ1) is 14.2. The van der Waals surface area contributed by atoms with E-state index in [1.54, 1.807) is 12.1 Å². The van der Waals surface area contributed by atoms with Gasteiger partial charge in [-0.25, -0.2) is 13.4 Å². The predicted molar refractivity (Wildman–Crippen MR) is 120 cm³/mol. The molecule has 1 aliphatic rings. The molecule has 2 aromatic heterocycles. The summed E-state index contributed by atoms with van der Waals surface area (Å²) in [7, 11) is -3.50. The van der Waals surface area contributed by atoms with Gasteiger partial charge in [-0.2, -0.15) is 4.31 Å². The second kappa shape index (κ2) is 7.88. The molecular formula is C21H26N4O3S2. The van der Waals surface area contributed by atoms with Crippen molar-refractivity contribution >= 4 is 31.6 Å². The molecule has 1 fully saturated rings. The Balaban J connectivity index is 1.51. The molecule has 0 aliphatic carbocycles. The number of H-pyrrole nitrogens is 1. The van der Waals surface area contributed by atoms with Gasteiger partial charge in [-0.15, -0.1) is 11.3 Å². The fourth-order valence-electron chi connectivity index (χ4n) is 3.83. The fourth-order valence-corrected chi connectivity index (χ4v) is 6.29. The van der Waals surface area contributed by atoms with Crippen molar-refractivity contribution < 1.29 is 8.42 Å². The van der Waals surface area contributed by atoms with Crippen molar-refractivity contribution in [3.05, 3.63) is 56.4 Å². The molecule has 1 aromatic carbocycles. The first-order valence-corrected chi connectivity index (χ1v) is 12.2. The number of thiophene rings is 1. The van der Waals surface area contributed by atoms with Crippen molar-refractivity contribution in [2.24, 2.45) is 0 Å². The van der Waals surface area contributed by atoms with Gasteiger partial charge in [0.05, 0.1) is 16.3 Å². The highest BCUT2D eigenvalue weighted by atomic mass is 32.2. The number of hydrogen-bond acceptors (Lipinski definition) is 6. The zero-order chi connectivity index (χ0) is 21.6. The van der Waals surface area contributed by atoms with Crippen LogP contribution in [0.5, 0.6) is 0 Å². The van der Waals surface area contributed by atoms with Gasteiger partial charge >= 0.3 is 0 Å². The molecule has 30 heavy (non-hydrogen) atoms. The average molecular weight is 447 g/mol. The fraction of sp³-hybridized carbons (Fsp3) is 0.429. The zero-order valence-corrected chi connectivity index (χ0v) is 19.2. The molecule has 0 bridgehead atoms. The normalized spacial score (nSPS) is 17.5. The molecule has 4 rings (SSSR count). The summed E-state index contributed by atoms with van der Waals surface area (Å²) in [5.41, 5.74) is 1.91. The van der Waals surface area contributed by atoms with E-state index in [2.05, 4.69) is 9.88 Å². The number of nitrogens with zero attached hydrogens (tertiary/aromatic N) is 3. The van der Waals surface area contributed by atoms with E-state index >= 15 is 0 Å². The Bertz CT molecular complexity index is 1240. The van der Waals surface area contributed by atoms with Crippen LogP contribution in [0, 0.1) is 20.8 Å². The Morgan fingerprint density at radius 1 is 1.07 bits per heavy atom. The summed E-state index contributed by atoms with van der Waals surface area (Å²) in [6.45, 7) is 9.86. The Hall–Kier alpha value is -2.07. The van der Waals surface area contributed by atoms with Crippen molar-refractivity contribution in [2.45, 2.75) is 38.6 Å². The van der Waals surface area contributed by atoms with Crippen LogP contribution in [0.25, 0.3) is 10.2 Å². The van der Waals surface area contributed by atoms with Crippen LogP contribution < -0.4 is 5.56 Å². The van der Waals surface area contributed by atoms with E-state index in [1.165, 1.54) is 15.6 Å². The van der Waals surface area contributed by atoms with Crippen molar-refractivity contribution in [1.29, 1.82) is 0 Å². The number of sulfonamides is 1. The zero-order valence-electron chi connectivity index (χ0n) is 17.6. The summed E-state index contributed by atoms with van der Waals surface area (Å²) in [5.74, 6) is 0.628. The van der Waals surface area contributed by atoms with Gasteiger partial charge in [-0.3, -0.25) is 9.69 Å². The maximum absolute atomic E-state index is 12.9. The van der Waals surface area contributed by atoms with Crippen LogP contribution >= 0.6 is 11.3 Å². The van der Waals surface area contributed by atoms with Gasteiger partial charge < -0.3 is 4.98 Å². The molecule has 1 aliphatic heterocycles. The molecule has 1 saturated heterocycles. The average Bonchev–Trinajstić information content (AvgIpc) is 3.02. The third kappa shape index (κ3) is 3.71. The molecule has 9 heteroatoms. The highest BCUT2D eigenvalue weighted by Crippen LogP contribution is 2.28. The molecule has 0 amide bonds. The number of benzene rings is 1. The molecule has 7 nitrogen and oxygen atoms in total. The van der Waals surface area contributed by atoms with E-state index in [0.717, 1.165) is 20.8 Å². The smallest absolute Gasteiger partial charge is 0.259 e. The summed E-state index contributed by atoms with van der Waals surface area (Å²) < 4.78 is 27.4. The number of aromatic nitrogens is 2. The topological polar surface area (TPSA) is 86.4 Å². The molecule has 0 spiro atoms. The molecule has 3 heterocycles. The van der Waals surface area contributed by atoms with Crippen molar-refractivity contribution in [3.63, 3.8) is 0 Å². The minimum absolute atomic E-state index is 0.103. The summed E-state index contributed by atoms with van der Waals surface area (Å²) in [6.07, 6.45) is 0. The van der Waals surface area contributed by atoms with Crippen LogP contribution in [0.1, 0.15) is 34.8 Å². The van der Waals surface area contributed by atoms with Crippen LogP contribution in [0.4, 0.5) is 0 Å². The largest absolute Gasteiger partial charge is 0.309 e. The van der Waals surface area contributed by atoms with E-state index in [9.17, 15) is 13.2 Å². The van der Waals surface area contributed by atoms with Gasteiger partial charge in [0.15, 0.2) is 0 Å². The molecular weight excluding hydrogens is 420 g/mol. The minimum atomic E-state index is -3.50. The number of fused-ring (bicyclic) bond motifs is 1. The number of nitrogens with one attached hydrogen (secondary N) is 1. The monoisotopic (exact) mass is 446 g/mol. The molecule has 1 N–H and O–H groups in total. The maximum Gasteiger partial charge on any atom is 0.259 e. The first-order valence-electron chi connectivity index (χ1n) is 9.99. The van der Waals surface area contributed by atoms with E-state index in [4.69, 9.17) is 4.98 Å². The second-order valence-corrected chi connectivity index (χ2v) is 11.0. The number of aromatic amines is 1. The van der Waals surface area contributed by atoms with E-state index in [1.807, 2.05) is 39.8 Å². The van der Waals surface area contributed by atoms with Crippen LogP contribution in [0.15, 0.2) is 34.0 Å². The van der Waals surface area contributed by atoms with Crippen molar-refractivity contribution in [1.82, 2.24) is 19.2 Å². The number of piperazine rings is 1. The summed E-state index contributed by atoms with van der Waals surface area (Å²) in [5, 5.41) is 0.669. The van der Waals surface area contributed by atoms with Crippen molar-refractivity contribution in [3.8, 4) is 0 Å². The standard InChI is InChI=1S/C21H26N4O3S2/c1-13-5-7-17(8-6-13)30(27,28)25-11-9-24(10-12-25)15(3)19-22-20(26)18-14(2)16(4)29-21(18)23-19/h5-8,15H,9-12H2,1-4H3,(H,22,23,26). The van der Waals surface area contributed by atoms with Gasteiger partial charge in [-0.1, -0.05) is 17.7 Å². The summed E-state index contributed by atoms with van der Waals surface area (Å²) in [4.78, 5) is 24.6. The Morgan fingerprint density at radius 3 is 2.33 bits per heavy atom. The lowest BCUT2D eigenvalue weighted by Gasteiger charge is -2.36. The summed E-state index contributed by atoms with van der Waals surface area (Å²) >= 11 is 1.54. The SMILES string of the molecule is Cc1ccc(S(=O)(=O)N2CCN(C(C)c3nc4sc(C)c(C)c4c(=O)[nH]3)CC2)cc1. The number of aryl methyl sites for hydroxylation is 3. The van der Waals surface area contributed by atoms with Crippen LogP contribution in [0.2, 0.25) is 0 Å². The van der Waals surface area contributed by atoms with Gasteiger partial charge in [-0.05, 0) is 45.4 Å². The Kier molecular flexibility index (Phi) is 5.56. The van der Waals surface area contributed by atoms with Crippen LogP contribution in [0.3, 0.4) is 0 Å². The third-order valence-corrected chi connectivity index (χ3v) is 8.95. The molecule has 3 aromatic rings. The quantitative estimate of drug-likeness (QED) is 0.666.